The third-order valence-electron chi connectivity index (χ3n) is 3.79. The molecule has 2 rings (SSSR count). The number of esters is 1. The molecule has 2 saturated heterocycles. The molecular weight excluding hydrogens is 312 g/mol. The lowest BCUT2D eigenvalue weighted by Crippen LogP contribution is -2.48. The normalized spacial score (nSPS) is 28.0. The Morgan fingerprint density at radius 1 is 1.45 bits per heavy atom. The second-order valence-electron chi connectivity index (χ2n) is 5.33. The molecule has 2 aliphatic rings. The zero-order chi connectivity index (χ0) is 16.5. The molecule has 9 heteroatoms. The number of methoxy groups -OCH3 is 1. The van der Waals surface area contributed by atoms with Crippen LogP contribution in [0.4, 0.5) is 4.79 Å². The maximum absolute atomic E-state index is 12.2. The van der Waals surface area contributed by atoms with E-state index in [1.54, 1.807) is 4.90 Å². The number of fused-ring (bicyclic) bond motifs is 1. The first-order chi connectivity index (χ1) is 10.3. The van der Waals surface area contributed by atoms with E-state index in [9.17, 15) is 19.2 Å². The molecule has 0 aromatic heterocycles. The van der Waals surface area contributed by atoms with Gasteiger partial charge in [0.1, 0.15) is 6.04 Å². The van der Waals surface area contributed by atoms with Crippen molar-refractivity contribution < 1.29 is 28.7 Å². The Balaban J connectivity index is 1.96. The third-order valence-corrected chi connectivity index (χ3v) is 5.29. The Bertz CT molecular complexity index is 525. The summed E-state index contributed by atoms with van der Waals surface area (Å²) in [4.78, 5) is 47.9. The highest BCUT2D eigenvalue weighted by molar-refractivity contribution is 8.01. The molecule has 1 N–H and O–H groups in total. The summed E-state index contributed by atoms with van der Waals surface area (Å²) in [6, 6.07) is -0.696. The van der Waals surface area contributed by atoms with Crippen molar-refractivity contribution in [1.82, 2.24) is 10.2 Å². The zero-order valence-electron chi connectivity index (χ0n) is 12.6. The highest BCUT2D eigenvalue weighted by atomic mass is 32.2. The molecule has 0 unspecified atom stereocenters. The first-order valence-corrected chi connectivity index (χ1v) is 7.82. The molecule has 122 valence electrons. The van der Waals surface area contributed by atoms with Gasteiger partial charge in [0, 0.05) is 12.2 Å². The molecule has 3 amide bonds. The number of hydrogen-bond donors (Lipinski definition) is 1. The van der Waals surface area contributed by atoms with Crippen LogP contribution in [0.25, 0.3) is 0 Å². The van der Waals surface area contributed by atoms with E-state index in [1.165, 1.54) is 18.7 Å². The standard InChI is InChI=1S/C13H18N2O6S/c1-7(10(17)14-12(19)20-3)21-11(18)8-6-22-13(2)5-4-9(16)15(8)13/h7-8H,4-6H2,1-3H3,(H,14,17,19)/t7-,8+,13-/m0/s1. The fourth-order valence-electron chi connectivity index (χ4n) is 2.55. The van der Waals surface area contributed by atoms with Crippen molar-refractivity contribution in [2.45, 2.75) is 43.7 Å². The van der Waals surface area contributed by atoms with Gasteiger partial charge in [-0.1, -0.05) is 0 Å². The molecule has 2 fully saturated rings. The lowest BCUT2D eigenvalue weighted by molar-refractivity contribution is -0.161. The largest absolute Gasteiger partial charge is 0.453 e. The molecule has 2 aliphatic heterocycles. The lowest BCUT2D eigenvalue weighted by atomic mass is 10.2. The summed E-state index contributed by atoms with van der Waals surface area (Å²) in [5.41, 5.74) is 0. The van der Waals surface area contributed by atoms with Gasteiger partial charge < -0.3 is 14.4 Å². The monoisotopic (exact) mass is 330 g/mol. The van der Waals surface area contributed by atoms with Crippen molar-refractivity contribution in [3.63, 3.8) is 0 Å². The molecule has 0 radical (unpaired) electrons. The van der Waals surface area contributed by atoms with E-state index in [0.29, 0.717) is 18.6 Å². The Morgan fingerprint density at radius 2 is 2.14 bits per heavy atom. The van der Waals surface area contributed by atoms with E-state index in [2.05, 4.69) is 4.74 Å². The van der Waals surface area contributed by atoms with Gasteiger partial charge in [-0.2, -0.15) is 0 Å². The number of amides is 3. The smallest absolute Gasteiger partial charge is 0.413 e. The molecule has 0 saturated carbocycles. The quantitative estimate of drug-likeness (QED) is 0.740. The van der Waals surface area contributed by atoms with Gasteiger partial charge in [0.25, 0.3) is 5.91 Å². The highest BCUT2D eigenvalue weighted by Gasteiger charge is 2.53. The van der Waals surface area contributed by atoms with Crippen molar-refractivity contribution in [2.75, 3.05) is 12.9 Å². The van der Waals surface area contributed by atoms with Gasteiger partial charge in [-0.05, 0) is 20.3 Å². The number of carbonyl (C=O) groups excluding carboxylic acids is 4. The number of carbonyl (C=O) groups is 4. The summed E-state index contributed by atoms with van der Waals surface area (Å²) in [7, 11) is 1.12. The Morgan fingerprint density at radius 3 is 2.77 bits per heavy atom. The topological polar surface area (TPSA) is 102 Å². The predicted molar refractivity (Wildman–Crippen MR) is 76.8 cm³/mol. The first-order valence-electron chi connectivity index (χ1n) is 6.84. The van der Waals surface area contributed by atoms with Crippen LogP contribution < -0.4 is 5.32 Å². The minimum atomic E-state index is -1.15. The number of nitrogens with one attached hydrogen (secondary N) is 1. The van der Waals surface area contributed by atoms with Gasteiger partial charge in [-0.25, -0.2) is 9.59 Å². The molecular formula is C13H18N2O6S. The number of imide groups is 1. The zero-order valence-corrected chi connectivity index (χ0v) is 13.4. The van der Waals surface area contributed by atoms with Crippen molar-refractivity contribution in [1.29, 1.82) is 0 Å². The maximum atomic E-state index is 12.2. The number of hydrogen-bond acceptors (Lipinski definition) is 7. The van der Waals surface area contributed by atoms with Crippen LogP contribution in [0.15, 0.2) is 0 Å². The summed E-state index contributed by atoms with van der Waals surface area (Å²) in [6.07, 6.45) is -0.975. The summed E-state index contributed by atoms with van der Waals surface area (Å²) in [5.74, 6) is -1.06. The second-order valence-corrected chi connectivity index (χ2v) is 6.83. The fraction of sp³-hybridized carbons (Fsp3) is 0.692. The summed E-state index contributed by atoms with van der Waals surface area (Å²) >= 11 is 1.53. The summed E-state index contributed by atoms with van der Waals surface area (Å²) in [5, 5.41) is 1.92. The molecule has 8 nitrogen and oxygen atoms in total. The van der Waals surface area contributed by atoms with Crippen molar-refractivity contribution in [3.05, 3.63) is 0 Å². The average molecular weight is 330 g/mol. The van der Waals surface area contributed by atoms with E-state index in [4.69, 9.17) is 4.74 Å². The highest BCUT2D eigenvalue weighted by Crippen LogP contribution is 2.47. The van der Waals surface area contributed by atoms with Crippen molar-refractivity contribution >= 4 is 35.6 Å². The minimum absolute atomic E-state index is 0.0823. The van der Waals surface area contributed by atoms with E-state index in [-0.39, 0.29) is 10.8 Å². The van der Waals surface area contributed by atoms with E-state index in [0.717, 1.165) is 7.11 Å². The minimum Gasteiger partial charge on any atom is -0.453 e. The van der Waals surface area contributed by atoms with Crippen LogP contribution in [0.3, 0.4) is 0 Å². The molecule has 2 heterocycles. The Kier molecular flexibility index (Phi) is 4.64. The van der Waals surface area contributed by atoms with Gasteiger partial charge >= 0.3 is 12.1 Å². The number of thioether (sulfide) groups is 1. The van der Waals surface area contributed by atoms with Gasteiger partial charge in [0.05, 0.1) is 12.0 Å². The summed E-state index contributed by atoms with van der Waals surface area (Å²) < 4.78 is 9.37. The molecule has 3 atom stereocenters. The molecule has 0 aliphatic carbocycles. The fourth-order valence-corrected chi connectivity index (χ4v) is 3.97. The second kappa shape index (κ2) is 6.15. The molecule has 0 aromatic carbocycles. The summed E-state index contributed by atoms with van der Waals surface area (Å²) in [6.45, 7) is 3.27. The number of rotatable bonds is 3. The van der Waals surface area contributed by atoms with Crippen LogP contribution in [-0.4, -0.2) is 58.7 Å². The number of ether oxygens (including phenoxy) is 2. The van der Waals surface area contributed by atoms with E-state index in [1.807, 2.05) is 12.2 Å². The Labute approximate surface area is 131 Å². The number of alkyl carbamates (subject to hydrolysis) is 1. The average Bonchev–Trinajstić information content (AvgIpc) is 2.95. The van der Waals surface area contributed by atoms with Gasteiger partial charge in [-0.15, -0.1) is 11.8 Å². The van der Waals surface area contributed by atoms with Gasteiger partial charge in [-0.3, -0.25) is 14.9 Å². The first kappa shape index (κ1) is 16.6. The molecule has 22 heavy (non-hydrogen) atoms. The van der Waals surface area contributed by atoms with Crippen LogP contribution in [0, 0.1) is 0 Å². The van der Waals surface area contributed by atoms with Gasteiger partial charge in [0.15, 0.2) is 6.10 Å². The van der Waals surface area contributed by atoms with E-state index >= 15 is 0 Å². The van der Waals surface area contributed by atoms with Crippen LogP contribution in [0.2, 0.25) is 0 Å². The van der Waals surface area contributed by atoms with Crippen molar-refractivity contribution in [3.8, 4) is 0 Å². The van der Waals surface area contributed by atoms with Crippen LogP contribution in [0.5, 0.6) is 0 Å². The van der Waals surface area contributed by atoms with Crippen LogP contribution in [-0.2, 0) is 23.9 Å². The third kappa shape index (κ3) is 3.03. The van der Waals surface area contributed by atoms with Crippen molar-refractivity contribution in [2.24, 2.45) is 0 Å². The van der Waals surface area contributed by atoms with Gasteiger partial charge in [0.2, 0.25) is 5.91 Å². The molecule has 0 aromatic rings. The van der Waals surface area contributed by atoms with E-state index < -0.39 is 30.1 Å². The molecule has 0 bridgehead atoms. The molecule has 0 spiro atoms. The SMILES string of the molecule is COC(=O)NC(=O)[C@H](C)OC(=O)[C@H]1CS[C@@]2(C)CCC(=O)N12. The lowest BCUT2D eigenvalue weighted by Gasteiger charge is -2.29. The van der Waals surface area contributed by atoms with Crippen LogP contribution in [0.1, 0.15) is 26.7 Å². The Hall–Kier alpha value is -1.77. The number of nitrogens with zero attached hydrogens (tertiary/aromatic N) is 1. The predicted octanol–water partition coefficient (Wildman–Crippen LogP) is 0.255. The van der Waals surface area contributed by atoms with Crippen LogP contribution >= 0.6 is 11.8 Å². The maximum Gasteiger partial charge on any atom is 0.413 e.